The number of likely N-dealkylation sites (tertiary alicyclic amines) is 1. The van der Waals surface area contributed by atoms with E-state index in [0.29, 0.717) is 5.54 Å². The van der Waals surface area contributed by atoms with Crippen molar-refractivity contribution in [3.05, 3.63) is 0 Å². The molecule has 0 radical (unpaired) electrons. The highest BCUT2D eigenvalue weighted by Crippen LogP contribution is 2.34. The molecule has 0 saturated carbocycles. The highest BCUT2D eigenvalue weighted by Gasteiger charge is 2.38. The Labute approximate surface area is 87.6 Å². The molecule has 0 atom stereocenters. The van der Waals surface area contributed by atoms with Gasteiger partial charge in [0, 0.05) is 31.8 Å². The van der Waals surface area contributed by atoms with E-state index in [1.165, 1.54) is 25.9 Å². The van der Waals surface area contributed by atoms with Gasteiger partial charge in [-0.1, -0.05) is 0 Å². The van der Waals surface area contributed by atoms with Crippen LogP contribution in [0.3, 0.4) is 0 Å². The number of hydrogen-bond donors (Lipinski definition) is 0. The molecule has 2 aliphatic heterocycles. The van der Waals surface area contributed by atoms with Crippen LogP contribution in [0.2, 0.25) is 0 Å². The van der Waals surface area contributed by atoms with Crippen LogP contribution in [0.25, 0.3) is 0 Å². The molecule has 2 heteroatoms. The molecule has 2 heterocycles. The third-order valence-electron chi connectivity index (χ3n) is 3.79. The predicted octanol–water partition coefficient (Wildman–Crippen LogP) is 2.14. The van der Waals surface area contributed by atoms with Gasteiger partial charge in [-0.15, -0.1) is 0 Å². The Balaban J connectivity index is 1.76. The standard InChI is InChI=1S/C12H23NO/c1-12(2,3)13-8-11(9-13)10-4-6-14-7-5-10/h10-11H,4-9H2,1-3H3. The van der Waals surface area contributed by atoms with Crippen molar-refractivity contribution in [3.63, 3.8) is 0 Å². The largest absolute Gasteiger partial charge is 0.381 e. The fraction of sp³-hybridized carbons (Fsp3) is 1.00. The van der Waals surface area contributed by atoms with Crippen LogP contribution in [-0.4, -0.2) is 36.7 Å². The van der Waals surface area contributed by atoms with E-state index in [2.05, 4.69) is 25.7 Å². The lowest BCUT2D eigenvalue weighted by Crippen LogP contribution is -2.58. The van der Waals surface area contributed by atoms with Crippen molar-refractivity contribution in [2.45, 2.75) is 39.2 Å². The van der Waals surface area contributed by atoms with Crippen molar-refractivity contribution in [1.29, 1.82) is 0 Å². The van der Waals surface area contributed by atoms with E-state index in [1.807, 2.05) is 0 Å². The van der Waals surface area contributed by atoms with Crippen LogP contribution in [0.15, 0.2) is 0 Å². The van der Waals surface area contributed by atoms with E-state index in [0.717, 1.165) is 25.0 Å². The molecule has 2 saturated heterocycles. The summed E-state index contributed by atoms with van der Waals surface area (Å²) in [6, 6.07) is 0. The monoisotopic (exact) mass is 197 g/mol. The molecule has 2 aliphatic rings. The Hall–Kier alpha value is -0.0800. The van der Waals surface area contributed by atoms with E-state index in [9.17, 15) is 0 Å². The molecular formula is C12H23NO. The molecule has 0 aromatic carbocycles. The van der Waals surface area contributed by atoms with Gasteiger partial charge in [-0.05, 0) is 45.4 Å². The fourth-order valence-electron chi connectivity index (χ4n) is 2.55. The van der Waals surface area contributed by atoms with Crippen molar-refractivity contribution < 1.29 is 4.74 Å². The van der Waals surface area contributed by atoms with Gasteiger partial charge in [-0.3, -0.25) is 4.90 Å². The van der Waals surface area contributed by atoms with Crippen molar-refractivity contribution in [2.75, 3.05) is 26.3 Å². The van der Waals surface area contributed by atoms with Crippen LogP contribution in [0.4, 0.5) is 0 Å². The lowest BCUT2D eigenvalue weighted by molar-refractivity contribution is -0.0441. The lowest BCUT2D eigenvalue weighted by atomic mass is 9.79. The summed E-state index contributed by atoms with van der Waals surface area (Å²) in [5.74, 6) is 1.90. The highest BCUT2D eigenvalue weighted by molar-refractivity contribution is 4.92. The minimum atomic E-state index is 0.377. The SMILES string of the molecule is CC(C)(C)N1CC(C2CCOCC2)C1. The Morgan fingerprint density at radius 2 is 1.57 bits per heavy atom. The second-order valence-corrected chi connectivity index (χ2v) is 5.79. The zero-order valence-corrected chi connectivity index (χ0v) is 9.75. The molecule has 0 spiro atoms. The molecule has 0 N–H and O–H groups in total. The second kappa shape index (κ2) is 3.82. The Kier molecular flexibility index (Phi) is 2.85. The summed E-state index contributed by atoms with van der Waals surface area (Å²) < 4.78 is 5.40. The number of rotatable bonds is 1. The molecule has 0 aliphatic carbocycles. The third kappa shape index (κ3) is 2.12. The summed E-state index contributed by atoms with van der Waals surface area (Å²) in [4.78, 5) is 2.59. The van der Waals surface area contributed by atoms with E-state index < -0.39 is 0 Å². The number of ether oxygens (including phenoxy) is 1. The summed E-state index contributed by atoms with van der Waals surface area (Å²) in [7, 11) is 0. The van der Waals surface area contributed by atoms with Crippen LogP contribution in [0.5, 0.6) is 0 Å². The van der Waals surface area contributed by atoms with E-state index in [1.54, 1.807) is 0 Å². The molecule has 2 rings (SSSR count). The van der Waals surface area contributed by atoms with Gasteiger partial charge in [0.1, 0.15) is 0 Å². The first-order valence-electron chi connectivity index (χ1n) is 5.90. The minimum Gasteiger partial charge on any atom is -0.381 e. The molecule has 82 valence electrons. The van der Waals surface area contributed by atoms with Gasteiger partial charge in [0.2, 0.25) is 0 Å². The zero-order valence-electron chi connectivity index (χ0n) is 9.75. The fourth-order valence-corrected chi connectivity index (χ4v) is 2.55. The van der Waals surface area contributed by atoms with Gasteiger partial charge < -0.3 is 4.74 Å². The van der Waals surface area contributed by atoms with Crippen LogP contribution in [0.1, 0.15) is 33.6 Å². The quantitative estimate of drug-likeness (QED) is 0.638. The van der Waals surface area contributed by atoms with Crippen molar-refractivity contribution in [1.82, 2.24) is 4.90 Å². The average Bonchev–Trinajstić information content (AvgIpc) is 2.00. The summed E-state index contributed by atoms with van der Waals surface area (Å²) in [6.45, 7) is 11.6. The van der Waals surface area contributed by atoms with Crippen LogP contribution in [-0.2, 0) is 4.74 Å². The molecule has 0 bridgehead atoms. The molecule has 0 amide bonds. The van der Waals surface area contributed by atoms with Crippen molar-refractivity contribution in [2.24, 2.45) is 11.8 Å². The zero-order chi connectivity index (χ0) is 10.2. The number of nitrogens with zero attached hydrogens (tertiary/aromatic N) is 1. The molecule has 14 heavy (non-hydrogen) atoms. The van der Waals surface area contributed by atoms with E-state index >= 15 is 0 Å². The Morgan fingerprint density at radius 3 is 2.07 bits per heavy atom. The third-order valence-corrected chi connectivity index (χ3v) is 3.79. The van der Waals surface area contributed by atoms with Gasteiger partial charge >= 0.3 is 0 Å². The molecule has 2 fully saturated rings. The first-order valence-corrected chi connectivity index (χ1v) is 5.90. The predicted molar refractivity (Wildman–Crippen MR) is 58.4 cm³/mol. The smallest absolute Gasteiger partial charge is 0.0468 e. The summed E-state index contributed by atoms with van der Waals surface area (Å²) >= 11 is 0. The van der Waals surface area contributed by atoms with Crippen LogP contribution < -0.4 is 0 Å². The molecule has 0 unspecified atom stereocenters. The summed E-state index contributed by atoms with van der Waals surface area (Å²) in [5, 5.41) is 0. The molecular weight excluding hydrogens is 174 g/mol. The minimum absolute atomic E-state index is 0.377. The van der Waals surface area contributed by atoms with E-state index in [-0.39, 0.29) is 0 Å². The van der Waals surface area contributed by atoms with Gasteiger partial charge in [0.25, 0.3) is 0 Å². The van der Waals surface area contributed by atoms with Crippen molar-refractivity contribution in [3.8, 4) is 0 Å². The van der Waals surface area contributed by atoms with Gasteiger partial charge in [0.15, 0.2) is 0 Å². The summed E-state index contributed by atoms with van der Waals surface area (Å²) in [5.41, 5.74) is 0.377. The maximum atomic E-state index is 5.40. The lowest BCUT2D eigenvalue weighted by Gasteiger charge is -2.51. The molecule has 0 aromatic heterocycles. The van der Waals surface area contributed by atoms with Gasteiger partial charge in [-0.25, -0.2) is 0 Å². The summed E-state index contributed by atoms with van der Waals surface area (Å²) in [6.07, 6.45) is 2.59. The molecule has 2 nitrogen and oxygen atoms in total. The first kappa shape index (κ1) is 10.4. The molecule has 0 aromatic rings. The van der Waals surface area contributed by atoms with E-state index in [4.69, 9.17) is 4.74 Å². The van der Waals surface area contributed by atoms with Crippen LogP contribution >= 0.6 is 0 Å². The highest BCUT2D eigenvalue weighted by atomic mass is 16.5. The second-order valence-electron chi connectivity index (χ2n) is 5.79. The van der Waals surface area contributed by atoms with Gasteiger partial charge in [-0.2, -0.15) is 0 Å². The average molecular weight is 197 g/mol. The Bertz CT molecular complexity index is 185. The topological polar surface area (TPSA) is 12.5 Å². The Morgan fingerprint density at radius 1 is 1.00 bits per heavy atom. The first-order chi connectivity index (χ1) is 6.57. The van der Waals surface area contributed by atoms with Crippen LogP contribution in [0, 0.1) is 11.8 Å². The van der Waals surface area contributed by atoms with Crippen molar-refractivity contribution >= 4 is 0 Å². The van der Waals surface area contributed by atoms with Gasteiger partial charge in [0.05, 0.1) is 0 Å². The number of hydrogen-bond acceptors (Lipinski definition) is 2. The maximum Gasteiger partial charge on any atom is 0.0468 e. The normalized spacial score (nSPS) is 27.6. The maximum absolute atomic E-state index is 5.40.